The predicted molar refractivity (Wildman–Crippen MR) is 56.1 cm³/mol. The molecule has 4 heteroatoms. The van der Waals surface area contributed by atoms with E-state index in [2.05, 4.69) is 5.32 Å². The number of carbonyl (C=O) groups is 2. The van der Waals surface area contributed by atoms with E-state index in [1.807, 2.05) is 11.9 Å². The number of hydrogen-bond acceptors (Lipinski definition) is 2. The van der Waals surface area contributed by atoms with Crippen molar-refractivity contribution in [1.29, 1.82) is 0 Å². The van der Waals surface area contributed by atoms with Crippen LogP contribution in [-0.2, 0) is 9.59 Å². The zero-order valence-corrected chi connectivity index (χ0v) is 9.16. The molecule has 2 amide bonds. The Bertz CT molecular complexity index is 272. The first-order chi connectivity index (χ1) is 7.18. The number of nitrogens with zero attached hydrogens (tertiary/aromatic N) is 1. The molecule has 0 aromatic rings. The molecule has 1 aliphatic heterocycles. The Morgan fingerprint density at radius 2 is 2.07 bits per heavy atom. The van der Waals surface area contributed by atoms with Crippen molar-refractivity contribution >= 4 is 11.8 Å². The third-order valence-electron chi connectivity index (χ3n) is 3.55. The highest BCUT2D eigenvalue weighted by Crippen LogP contribution is 2.24. The fraction of sp³-hybridized carbons (Fsp3) is 0.818. The predicted octanol–water partition coefficient (Wildman–Crippen LogP) is 0.523. The minimum absolute atomic E-state index is 0.00757. The van der Waals surface area contributed by atoms with Crippen LogP contribution in [0.2, 0.25) is 0 Å². The summed E-state index contributed by atoms with van der Waals surface area (Å²) < 4.78 is 0. The minimum atomic E-state index is -0.122. The summed E-state index contributed by atoms with van der Waals surface area (Å²) in [6.07, 6.45) is 5.07. The van der Waals surface area contributed by atoms with Gasteiger partial charge in [0.25, 0.3) is 0 Å². The molecule has 1 saturated carbocycles. The van der Waals surface area contributed by atoms with Gasteiger partial charge in [-0.25, -0.2) is 0 Å². The number of hydrogen-bond donors (Lipinski definition) is 1. The van der Waals surface area contributed by atoms with Crippen molar-refractivity contribution in [1.82, 2.24) is 10.2 Å². The molecule has 1 heterocycles. The first-order valence-corrected chi connectivity index (χ1v) is 5.72. The van der Waals surface area contributed by atoms with Crippen molar-refractivity contribution in [3.8, 4) is 0 Å². The molecule has 1 atom stereocenters. The van der Waals surface area contributed by atoms with Crippen LogP contribution < -0.4 is 5.32 Å². The van der Waals surface area contributed by atoms with Crippen LogP contribution in [0.4, 0.5) is 0 Å². The molecule has 0 bridgehead atoms. The number of carbonyl (C=O) groups excluding carboxylic acids is 2. The fourth-order valence-corrected chi connectivity index (χ4v) is 2.54. The van der Waals surface area contributed by atoms with Gasteiger partial charge in [0.2, 0.25) is 11.8 Å². The van der Waals surface area contributed by atoms with Crippen molar-refractivity contribution in [2.45, 2.75) is 38.1 Å². The number of rotatable bonds is 2. The van der Waals surface area contributed by atoms with Crippen LogP contribution in [0.15, 0.2) is 0 Å². The van der Waals surface area contributed by atoms with Crippen LogP contribution in [0.3, 0.4) is 0 Å². The molecular weight excluding hydrogens is 192 g/mol. The molecule has 0 aromatic heterocycles. The van der Waals surface area contributed by atoms with Gasteiger partial charge in [-0.2, -0.15) is 0 Å². The zero-order valence-electron chi connectivity index (χ0n) is 9.16. The van der Waals surface area contributed by atoms with E-state index >= 15 is 0 Å². The van der Waals surface area contributed by atoms with Crippen LogP contribution in [0, 0.1) is 5.92 Å². The Balaban J connectivity index is 1.91. The van der Waals surface area contributed by atoms with Gasteiger partial charge in [0.15, 0.2) is 0 Å². The zero-order chi connectivity index (χ0) is 10.8. The van der Waals surface area contributed by atoms with E-state index in [9.17, 15) is 9.59 Å². The average Bonchev–Trinajstić information content (AvgIpc) is 2.85. The van der Waals surface area contributed by atoms with E-state index in [1.165, 1.54) is 12.8 Å². The Hall–Kier alpha value is -1.06. The first-order valence-electron chi connectivity index (χ1n) is 5.72. The van der Waals surface area contributed by atoms with E-state index in [1.54, 1.807) is 0 Å². The van der Waals surface area contributed by atoms with Crippen molar-refractivity contribution in [2.24, 2.45) is 5.92 Å². The highest BCUT2D eigenvalue weighted by Gasteiger charge is 2.33. The minimum Gasteiger partial charge on any atom is -0.355 e. The van der Waals surface area contributed by atoms with Gasteiger partial charge in [0.1, 0.15) is 0 Å². The monoisotopic (exact) mass is 210 g/mol. The van der Waals surface area contributed by atoms with Crippen LogP contribution in [0.25, 0.3) is 0 Å². The second-order valence-corrected chi connectivity index (χ2v) is 4.59. The van der Waals surface area contributed by atoms with Crippen LogP contribution in [0.5, 0.6) is 0 Å². The van der Waals surface area contributed by atoms with Crippen molar-refractivity contribution in [3.05, 3.63) is 0 Å². The maximum atomic E-state index is 12.0. The highest BCUT2D eigenvalue weighted by molar-refractivity contribution is 5.89. The molecule has 2 aliphatic rings. The van der Waals surface area contributed by atoms with E-state index < -0.39 is 0 Å². The molecule has 84 valence electrons. The Morgan fingerprint density at radius 1 is 1.40 bits per heavy atom. The molecule has 15 heavy (non-hydrogen) atoms. The third kappa shape index (κ3) is 2.13. The number of nitrogens with one attached hydrogen (secondary N) is 1. The normalized spacial score (nSPS) is 26.7. The van der Waals surface area contributed by atoms with Crippen LogP contribution >= 0.6 is 0 Å². The van der Waals surface area contributed by atoms with Crippen LogP contribution in [-0.4, -0.2) is 36.3 Å². The lowest BCUT2D eigenvalue weighted by atomic mass is 10.1. The Morgan fingerprint density at radius 3 is 2.60 bits per heavy atom. The lowest BCUT2D eigenvalue weighted by molar-refractivity contribution is -0.136. The second-order valence-electron chi connectivity index (χ2n) is 4.59. The molecule has 1 unspecified atom stereocenters. The summed E-state index contributed by atoms with van der Waals surface area (Å²) in [5.41, 5.74) is 0. The number of amides is 2. The van der Waals surface area contributed by atoms with Gasteiger partial charge in [-0.15, -0.1) is 0 Å². The summed E-state index contributed by atoms with van der Waals surface area (Å²) in [6.45, 7) is 0.523. The smallest absolute Gasteiger partial charge is 0.227 e. The van der Waals surface area contributed by atoms with Gasteiger partial charge in [-0.3, -0.25) is 9.59 Å². The maximum Gasteiger partial charge on any atom is 0.227 e. The van der Waals surface area contributed by atoms with E-state index in [0.29, 0.717) is 19.0 Å². The molecule has 2 fully saturated rings. The second kappa shape index (κ2) is 4.21. The van der Waals surface area contributed by atoms with Gasteiger partial charge in [-0.05, 0) is 12.8 Å². The van der Waals surface area contributed by atoms with Gasteiger partial charge in [0, 0.05) is 26.1 Å². The first kappa shape index (κ1) is 10.5. The SMILES string of the molecule is CN(C(=O)C1CNC(=O)C1)C1CCCC1. The topological polar surface area (TPSA) is 49.4 Å². The largest absolute Gasteiger partial charge is 0.355 e. The summed E-state index contributed by atoms with van der Waals surface area (Å²) in [7, 11) is 1.88. The van der Waals surface area contributed by atoms with Crippen LogP contribution in [0.1, 0.15) is 32.1 Å². The van der Waals surface area contributed by atoms with E-state index in [-0.39, 0.29) is 17.7 Å². The van der Waals surface area contributed by atoms with Crippen molar-refractivity contribution < 1.29 is 9.59 Å². The molecule has 0 radical (unpaired) electrons. The Kier molecular flexibility index (Phi) is 2.93. The third-order valence-corrected chi connectivity index (χ3v) is 3.55. The fourth-order valence-electron chi connectivity index (χ4n) is 2.54. The highest BCUT2D eigenvalue weighted by atomic mass is 16.2. The van der Waals surface area contributed by atoms with Gasteiger partial charge >= 0.3 is 0 Å². The molecule has 4 nitrogen and oxygen atoms in total. The summed E-state index contributed by atoms with van der Waals surface area (Å²) in [4.78, 5) is 24.9. The quantitative estimate of drug-likeness (QED) is 0.722. The summed E-state index contributed by atoms with van der Waals surface area (Å²) >= 11 is 0. The summed E-state index contributed by atoms with van der Waals surface area (Å²) in [5.74, 6) is 0.0246. The molecule has 0 spiro atoms. The molecule has 1 N–H and O–H groups in total. The lowest BCUT2D eigenvalue weighted by Gasteiger charge is -2.26. The van der Waals surface area contributed by atoms with Crippen molar-refractivity contribution in [2.75, 3.05) is 13.6 Å². The maximum absolute atomic E-state index is 12.0. The molecular formula is C11H18N2O2. The van der Waals surface area contributed by atoms with Crippen molar-refractivity contribution in [3.63, 3.8) is 0 Å². The summed E-state index contributed by atoms with van der Waals surface area (Å²) in [6, 6.07) is 0.410. The van der Waals surface area contributed by atoms with Gasteiger partial charge in [-0.1, -0.05) is 12.8 Å². The summed E-state index contributed by atoms with van der Waals surface area (Å²) in [5, 5.41) is 2.71. The van der Waals surface area contributed by atoms with E-state index in [0.717, 1.165) is 12.8 Å². The molecule has 1 saturated heterocycles. The van der Waals surface area contributed by atoms with E-state index in [4.69, 9.17) is 0 Å². The molecule has 1 aliphatic carbocycles. The lowest BCUT2D eigenvalue weighted by Crippen LogP contribution is -2.40. The molecule has 0 aromatic carbocycles. The van der Waals surface area contributed by atoms with Gasteiger partial charge in [0.05, 0.1) is 5.92 Å². The van der Waals surface area contributed by atoms with Gasteiger partial charge < -0.3 is 10.2 Å². The standard InChI is InChI=1S/C11H18N2O2/c1-13(9-4-2-3-5-9)11(15)8-6-10(14)12-7-8/h8-9H,2-7H2,1H3,(H,12,14). The Labute approximate surface area is 90.0 Å². The average molecular weight is 210 g/mol. The molecule has 2 rings (SSSR count).